The fourth-order valence-electron chi connectivity index (χ4n) is 3.46. The number of likely N-dealkylation sites (tertiary alicyclic amines) is 1. The number of nitrogens with zero attached hydrogens (tertiary/aromatic N) is 3. The Balaban J connectivity index is 0.000000370. The van der Waals surface area contributed by atoms with Gasteiger partial charge in [-0.3, -0.25) is 9.69 Å². The monoisotopic (exact) mass is 422 g/mol. The number of carboxylic acid groups (broad SMARTS) is 1. The van der Waals surface area contributed by atoms with Crippen LogP contribution in [0.15, 0.2) is 12.4 Å². The molecule has 0 unspecified atom stereocenters. The number of carbonyl (C=O) groups excluding carboxylic acids is 1. The summed E-state index contributed by atoms with van der Waals surface area (Å²) < 4.78 is 44.6. The first kappa shape index (κ1) is 23.1. The van der Waals surface area contributed by atoms with E-state index in [9.17, 15) is 18.0 Å². The standard InChI is InChI=1S/C15H24N4O3.C2HF3O2/c1-18-6-5-16-14(18)15(20)17-11-10-19(7-9-21-2)12-4-3-8-22-13(11)12;3-2(4,5)1(6)7/h5-6,11-13H,3-4,7-10H2,1-2H3,(H,17,20);(H,6,7)/t11-,12+,13+;/m0./s1. The number of methoxy groups -OCH3 is 1. The van der Waals surface area contributed by atoms with Crippen molar-refractivity contribution < 1.29 is 37.3 Å². The molecule has 1 amide bonds. The zero-order valence-corrected chi connectivity index (χ0v) is 16.2. The van der Waals surface area contributed by atoms with Crippen LogP contribution in [0.3, 0.4) is 0 Å². The molecule has 0 saturated carbocycles. The number of ether oxygens (including phenoxy) is 2. The second kappa shape index (κ2) is 10.0. The van der Waals surface area contributed by atoms with Crippen molar-refractivity contribution in [1.29, 1.82) is 0 Å². The summed E-state index contributed by atoms with van der Waals surface area (Å²) in [6.45, 7) is 3.14. The van der Waals surface area contributed by atoms with Gasteiger partial charge in [-0.25, -0.2) is 9.78 Å². The summed E-state index contributed by atoms with van der Waals surface area (Å²) >= 11 is 0. The number of halogens is 3. The van der Waals surface area contributed by atoms with Gasteiger partial charge in [0.15, 0.2) is 5.82 Å². The molecule has 2 N–H and O–H groups in total. The fraction of sp³-hybridized carbons (Fsp3) is 0.706. The summed E-state index contributed by atoms with van der Waals surface area (Å²) in [6, 6.07) is 0.377. The van der Waals surface area contributed by atoms with E-state index in [4.69, 9.17) is 19.4 Å². The van der Waals surface area contributed by atoms with Crippen molar-refractivity contribution in [2.45, 2.75) is 37.2 Å². The van der Waals surface area contributed by atoms with E-state index >= 15 is 0 Å². The Kier molecular flexibility index (Phi) is 7.99. The number of aliphatic carboxylic acids is 1. The summed E-state index contributed by atoms with van der Waals surface area (Å²) in [5, 5.41) is 10.2. The molecule has 2 aliphatic heterocycles. The molecule has 12 heteroatoms. The molecule has 3 heterocycles. The number of aryl methyl sites for hydroxylation is 1. The van der Waals surface area contributed by atoms with Crippen LogP contribution in [0.4, 0.5) is 13.2 Å². The van der Waals surface area contributed by atoms with Crippen LogP contribution in [0.2, 0.25) is 0 Å². The van der Waals surface area contributed by atoms with Crippen molar-refractivity contribution >= 4 is 11.9 Å². The Morgan fingerprint density at radius 2 is 2.14 bits per heavy atom. The lowest BCUT2D eigenvalue weighted by molar-refractivity contribution is -0.192. The number of carbonyl (C=O) groups is 2. The van der Waals surface area contributed by atoms with E-state index in [1.807, 2.05) is 7.05 Å². The molecule has 0 spiro atoms. The molecule has 2 saturated heterocycles. The minimum absolute atomic E-state index is 0.00589. The van der Waals surface area contributed by atoms with Gasteiger partial charge in [0.2, 0.25) is 0 Å². The van der Waals surface area contributed by atoms with Crippen molar-refractivity contribution in [3.8, 4) is 0 Å². The third-order valence-corrected chi connectivity index (χ3v) is 4.80. The second-order valence-corrected chi connectivity index (χ2v) is 6.78. The van der Waals surface area contributed by atoms with Crippen LogP contribution in [0.1, 0.15) is 23.5 Å². The lowest BCUT2D eigenvalue weighted by Gasteiger charge is -2.32. The molecule has 1 aromatic heterocycles. The molecule has 0 aliphatic carbocycles. The highest BCUT2D eigenvalue weighted by atomic mass is 19.4. The van der Waals surface area contributed by atoms with Crippen molar-refractivity contribution in [1.82, 2.24) is 19.8 Å². The van der Waals surface area contributed by atoms with E-state index in [0.29, 0.717) is 18.5 Å². The fourth-order valence-corrected chi connectivity index (χ4v) is 3.46. The first-order valence-electron chi connectivity index (χ1n) is 9.08. The first-order chi connectivity index (χ1) is 13.6. The zero-order chi connectivity index (χ0) is 21.6. The van der Waals surface area contributed by atoms with Gasteiger partial charge in [0, 0.05) is 52.3 Å². The minimum atomic E-state index is -5.08. The smallest absolute Gasteiger partial charge is 0.475 e. The Morgan fingerprint density at radius 3 is 2.69 bits per heavy atom. The topological polar surface area (TPSA) is 106 Å². The highest BCUT2D eigenvalue weighted by Gasteiger charge is 2.44. The maximum Gasteiger partial charge on any atom is 0.490 e. The number of alkyl halides is 3. The Labute approximate surface area is 165 Å². The average molecular weight is 422 g/mol. The molecule has 0 bridgehead atoms. The molecule has 9 nitrogen and oxygen atoms in total. The summed E-state index contributed by atoms with van der Waals surface area (Å²) in [5.41, 5.74) is 0. The molecule has 0 radical (unpaired) electrons. The second-order valence-electron chi connectivity index (χ2n) is 6.78. The SMILES string of the molecule is COCCN1C[C@H](NC(=O)c2nccn2C)[C@H]2OCCC[C@H]21.O=C(O)C(F)(F)F. The number of hydrogen-bond donors (Lipinski definition) is 2. The number of fused-ring (bicyclic) bond motifs is 1. The zero-order valence-electron chi connectivity index (χ0n) is 16.2. The van der Waals surface area contributed by atoms with Crippen molar-refractivity contribution in [3.63, 3.8) is 0 Å². The van der Waals surface area contributed by atoms with E-state index in [1.165, 1.54) is 0 Å². The molecule has 3 atom stereocenters. The van der Waals surface area contributed by atoms with E-state index in [0.717, 1.165) is 32.5 Å². The van der Waals surface area contributed by atoms with Crippen LogP contribution in [-0.4, -0.2) is 89.2 Å². The van der Waals surface area contributed by atoms with Crippen LogP contribution < -0.4 is 5.32 Å². The van der Waals surface area contributed by atoms with Gasteiger partial charge >= 0.3 is 12.1 Å². The highest BCUT2D eigenvalue weighted by Crippen LogP contribution is 2.28. The lowest BCUT2D eigenvalue weighted by Crippen LogP contribution is -2.48. The number of hydrogen-bond acceptors (Lipinski definition) is 6. The van der Waals surface area contributed by atoms with Crippen molar-refractivity contribution in [2.24, 2.45) is 7.05 Å². The Morgan fingerprint density at radius 1 is 1.45 bits per heavy atom. The van der Waals surface area contributed by atoms with E-state index in [2.05, 4.69) is 15.2 Å². The number of nitrogens with one attached hydrogen (secondary N) is 1. The normalized spacial score (nSPS) is 24.4. The van der Waals surface area contributed by atoms with Crippen LogP contribution in [-0.2, 0) is 21.3 Å². The van der Waals surface area contributed by atoms with Gasteiger partial charge in [0.1, 0.15) is 0 Å². The molecule has 0 aromatic carbocycles. The molecular formula is C17H25F3N4O5. The van der Waals surface area contributed by atoms with Crippen molar-refractivity contribution in [3.05, 3.63) is 18.2 Å². The van der Waals surface area contributed by atoms with Crippen molar-refractivity contribution in [2.75, 3.05) is 33.4 Å². The molecule has 1 aromatic rings. The van der Waals surface area contributed by atoms with E-state index < -0.39 is 12.1 Å². The number of imidazole rings is 1. The first-order valence-corrected chi connectivity index (χ1v) is 9.08. The number of aromatic nitrogens is 2. The third-order valence-electron chi connectivity index (χ3n) is 4.80. The van der Waals surface area contributed by atoms with Crippen LogP contribution in [0.5, 0.6) is 0 Å². The van der Waals surface area contributed by atoms with Crippen LogP contribution in [0, 0.1) is 0 Å². The summed E-state index contributed by atoms with van der Waals surface area (Å²) in [4.78, 5) is 27.8. The number of rotatable bonds is 5. The maximum absolute atomic E-state index is 12.4. The van der Waals surface area contributed by atoms with Gasteiger partial charge in [-0.2, -0.15) is 13.2 Å². The van der Waals surface area contributed by atoms with Gasteiger partial charge < -0.3 is 24.5 Å². The summed E-state index contributed by atoms with van der Waals surface area (Å²) in [5.74, 6) is -2.46. The van der Waals surface area contributed by atoms with Crippen LogP contribution in [0.25, 0.3) is 0 Å². The van der Waals surface area contributed by atoms with E-state index in [1.54, 1.807) is 24.1 Å². The molecular weight excluding hydrogens is 397 g/mol. The van der Waals surface area contributed by atoms with Gasteiger partial charge in [0.05, 0.1) is 18.8 Å². The largest absolute Gasteiger partial charge is 0.490 e. The number of carboxylic acids is 1. The maximum atomic E-state index is 12.4. The van der Waals surface area contributed by atoms with Gasteiger partial charge in [-0.05, 0) is 12.8 Å². The molecule has 3 rings (SSSR count). The quantitative estimate of drug-likeness (QED) is 0.718. The Hall–Kier alpha value is -2.18. The molecule has 164 valence electrons. The number of amides is 1. The van der Waals surface area contributed by atoms with Gasteiger partial charge in [0.25, 0.3) is 5.91 Å². The minimum Gasteiger partial charge on any atom is -0.475 e. The highest BCUT2D eigenvalue weighted by molar-refractivity contribution is 5.91. The van der Waals surface area contributed by atoms with Gasteiger partial charge in [-0.15, -0.1) is 0 Å². The molecule has 2 fully saturated rings. The van der Waals surface area contributed by atoms with Gasteiger partial charge in [-0.1, -0.05) is 0 Å². The predicted octanol–water partition coefficient (Wildman–Crippen LogP) is 0.661. The predicted molar refractivity (Wildman–Crippen MR) is 94.4 cm³/mol. The van der Waals surface area contributed by atoms with Crippen LogP contribution >= 0.6 is 0 Å². The molecule has 29 heavy (non-hydrogen) atoms. The summed E-state index contributed by atoms with van der Waals surface area (Å²) in [7, 11) is 3.53. The molecule has 2 aliphatic rings. The summed E-state index contributed by atoms with van der Waals surface area (Å²) in [6.07, 6.45) is 0.575. The lowest BCUT2D eigenvalue weighted by atomic mass is 10.0. The Bertz CT molecular complexity index is 697. The van der Waals surface area contributed by atoms with E-state index in [-0.39, 0.29) is 18.1 Å². The average Bonchev–Trinajstić information content (AvgIpc) is 3.24. The third kappa shape index (κ3) is 6.15.